The van der Waals surface area contributed by atoms with Crippen LogP contribution in [0.15, 0.2) is 28.7 Å². The second-order valence-corrected chi connectivity index (χ2v) is 7.82. The lowest BCUT2D eigenvalue weighted by atomic mass is 10.1. The number of sulfone groups is 1. The van der Waals surface area contributed by atoms with E-state index in [1.807, 2.05) is 12.1 Å². The van der Waals surface area contributed by atoms with Gasteiger partial charge in [-0.25, -0.2) is 8.42 Å². The van der Waals surface area contributed by atoms with Crippen molar-refractivity contribution in [2.24, 2.45) is 5.92 Å². The number of hydrazine groups is 1. The van der Waals surface area contributed by atoms with Gasteiger partial charge < -0.3 is 4.42 Å². The molecule has 1 aliphatic rings. The molecule has 0 saturated carbocycles. The molecule has 1 fully saturated rings. The fourth-order valence-electron chi connectivity index (χ4n) is 2.67. The Hall–Kier alpha value is -2.35. The summed E-state index contributed by atoms with van der Waals surface area (Å²) in [5, 5.41) is 0.825. The number of para-hydroxylation sites is 1. The molecular weight excluding hydrogens is 320 g/mol. The quantitative estimate of drug-likeness (QED) is 0.794. The maximum Gasteiger partial charge on any atom is 0.305 e. The van der Waals surface area contributed by atoms with E-state index in [9.17, 15) is 18.0 Å². The molecule has 8 heteroatoms. The van der Waals surface area contributed by atoms with Crippen LogP contribution in [0.4, 0.5) is 0 Å². The minimum Gasteiger partial charge on any atom is -0.451 e. The summed E-state index contributed by atoms with van der Waals surface area (Å²) in [6.45, 7) is 1.76. The summed E-state index contributed by atoms with van der Waals surface area (Å²) in [7, 11) is -3.15. The first-order valence-electron chi connectivity index (χ1n) is 7.16. The van der Waals surface area contributed by atoms with Crippen LogP contribution < -0.4 is 10.9 Å². The zero-order chi connectivity index (χ0) is 16.6. The topological polar surface area (TPSA) is 105 Å². The molecule has 3 rings (SSSR count). The van der Waals surface area contributed by atoms with Crippen LogP contribution in [0.25, 0.3) is 11.0 Å². The molecule has 1 aliphatic heterocycles. The largest absolute Gasteiger partial charge is 0.451 e. The molecule has 0 unspecified atom stereocenters. The monoisotopic (exact) mass is 336 g/mol. The summed E-state index contributed by atoms with van der Waals surface area (Å²) in [6, 6.07) is 7.23. The van der Waals surface area contributed by atoms with Gasteiger partial charge in [0.2, 0.25) is 5.91 Å². The third kappa shape index (κ3) is 3.07. The first-order chi connectivity index (χ1) is 10.9. The van der Waals surface area contributed by atoms with Gasteiger partial charge in [0, 0.05) is 10.9 Å². The van der Waals surface area contributed by atoms with Gasteiger partial charge in [0.05, 0.1) is 17.4 Å². The Morgan fingerprint density at radius 3 is 2.61 bits per heavy atom. The van der Waals surface area contributed by atoms with E-state index in [0.29, 0.717) is 11.1 Å². The molecule has 2 amide bonds. The van der Waals surface area contributed by atoms with Gasteiger partial charge in [-0.1, -0.05) is 18.2 Å². The highest BCUT2D eigenvalue weighted by Gasteiger charge is 2.33. The van der Waals surface area contributed by atoms with Gasteiger partial charge in [0.1, 0.15) is 5.58 Å². The molecule has 1 atom stereocenters. The van der Waals surface area contributed by atoms with Crippen LogP contribution >= 0.6 is 0 Å². The number of hydrogen-bond donors (Lipinski definition) is 2. The van der Waals surface area contributed by atoms with Gasteiger partial charge in [0.15, 0.2) is 15.6 Å². The molecule has 0 spiro atoms. The smallest absolute Gasteiger partial charge is 0.305 e. The average Bonchev–Trinajstić information content (AvgIpc) is 3.05. The van der Waals surface area contributed by atoms with Crippen molar-refractivity contribution >= 4 is 32.6 Å². The van der Waals surface area contributed by atoms with E-state index in [0.717, 1.165) is 5.39 Å². The van der Waals surface area contributed by atoms with Gasteiger partial charge in [-0.3, -0.25) is 20.4 Å². The van der Waals surface area contributed by atoms with Crippen LogP contribution in [0.1, 0.15) is 22.5 Å². The minimum absolute atomic E-state index is 0.00170. The number of amides is 2. The Morgan fingerprint density at radius 2 is 1.96 bits per heavy atom. The molecule has 23 heavy (non-hydrogen) atoms. The first-order valence-corrected chi connectivity index (χ1v) is 8.98. The minimum atomic E-state index is -3.15. The van der Waals surface area contributed by atoms with Gasteiger partial charge >= 0.3 is 5.91 Å². The summed E-state index contributed by atoms with van der Waals surface area (Å²) < 4.78 is 28.2. The van der Waals surface area contributed by atoms with Crippen molar-refractivity contribution in [1.29, 1.82) is 0 Å². The first kappa shape index (κ1) is 15.5. The number of fused-ring (bicyclic) bond motifs is 1. The summed E-state index contributed by atoms with van der Waals surface area (Å²) >= 11 is 0. The van der Waals surface area contributed by atoms with Crippen molar-refractivity contribution in [3.05, 3.63) is 35.6 Å². The predicted molar refractivity (Wildman–Crippen MR) is 83.3 cm³/mol. The molecule has 1 aromatic heterocycles. The molecule has 122 valence electrons. The van der Waals surface area contributed by atoms with E-state index >= 15 is 0 Å². The fraction of sp³-hybridized carbons (Fsp3) is 0.333. The van der Waals surface area contributed by atoms with Crippen molar-refractivity contribution in [2.75, 3.05) is 11.5 Å². The van der Waals surface area contributed by atoms with E-state index in [1.54, 1.807) is 19.1 Å². The number of rotatable bonds is 2. The Labute approximate surface area is 132 Å². The van der Waals surface area contributed by atoms with Gasteiger partial charge in [-0.15, -0.1) is 0 Å². The van der Waals surface area contributed by atoms with E-state index in [1.165, 1.54) is 0 Å². The van der Waals surface area contributed by atoms with E-state index in [4.69, 9.17) is 4.42 Å². The third-order valence-electron chi connectivity index (χ3n) is 3.95. The second-order valence-electron chi connectivity index (χ2n) is 5.60. The van der Waals surface area contributed by atoms with E-state index in [-0.39, 0.29) is 23.7 Å². The van der Waals surface area contributed by atoms with Crippen molar-refractivity contribution < 1.29 is 22.4 Å². The predicted octanol–water partition coefficient (Wildman–Crippen LogP) is 0.937. The van der Waals surface area contributed by atoms with Crippen molar-refractivity contribution in [3.63, 3.8) is 0 Å². The lowest BCUT2D eigenvalue weighted by Gasteiger charge is -2.09. The average molecular weight is 336 g/mol. The maximum absolute atomic E-state index is 12.1. The van der Waals surface area contributed by atoms with Crippen LogP contribution in [-0.4, -0.2) is 31.7 Å². The zero-order valence-corrected chi connectivity index (χ0v) is 13.3. The highest BCUT2D eigenvalue weighted by molar-refractivity contribution is 7.91. The number of aryl methyl sites for hydroxylation is 1. The van der Waals surface area contributed by atoms with Gasteiger partial charge in [-0.2, -0.15) is 0 Å². The van der Waals surface area contributed by atoms with Crippen LogP contribution in [-0.2, 0) is 14.6 Å². The molecule has 2 N–H and O–H groups in total. The lowest BCUT2D eigenvalue weighted by Crippen LogP contribution is -2.44. The number of carbonyl (C=O) groups excluding carboxylic acids is 2. The molecule has 1 aromatic carbocycles. The SMILES string of the molecule is Cc1c(C(=O)NNC(=O)[C@H]2CCS(=O)(=O)C2)oc2ccccc12. The molecule has 1 saturated heterocycles. The normalized spacial score (nSPS) is 19.6. The summed E-state index contributed by atoms with van der Waals surface area (Å²) in [4.78, 5) is 24.0. The van der Waals surface area contributed by atoms with Crippen LogP contribution in [0, 0.1) is 12.8 Å². The van der Waals surface area contributed by atoms with Gasteiger partial charge in [-0.05, 0) is 19.4 Å². The lowest BCUT2D eigenvalue weighted by molar-refractivity contribution is -0.125. The Morgan fingerprint density at radius 1 is 1.22 bits per heavy atom. The number of hydrogen-bond acceptors (Lipinski definition) is 5. The molecule has 2 heterocycles. The number of carbonyl (C=O) groups is 2. The number of nitrogens with one attached hydrogen (secondary N) is 2. The van der Waals surface area contributed by atoms with Gasteiger partial charge in [0.25, 0.3) is 0 Å². The molecular formula is C15H16N2O5S. The van der Waals surface area contributed by atoms with E-state index < -0.39 is 27.6 Å². The maximum atomic E-state index is 12.1. The Kier molecular flexibility index (Phi) is 3.85. The zero-order valence-electron chi connectivity index (χ0n) is 12.5. The second kappa shape index (κ2) is 5.69. The molecule has 0 radical (unpaired) electrons. The Balaban J connectivity index is 1.67. The molecule has 0 bridgehead atoms. The summed E-state index contributed by atoms with van der Waals surface area (Å²) in [5.41, 5.74) is 5.81. The third-order valence-corrected chi connectivity index (χ3v) is 5.72. The highest BCUT2D eigenvalue weighted by Crippen LogP contribution is 2.24. The molecule has 0 aliphatic carbocycles. The van der Waals surface area contributed by atoms with Crippen LogP contribution in [0.5, 0.6) is 0 Å². The van der Waals surface area contributed by atoms with Crippen LogP contribution in [0.2, 0.25) is 0 Å². The summed E-state index contributed by atoms with van der Waals surface area (Å²) in [5.74, 6) is -1.77. The van der Waals surface area contributed by atoms with Crippen molar-refractivity contribution in [1.82, 2.24) is 10.9 Å². The molecule has 7 nitrogen and oxygen atoms in total. The standard InChI is InChI=1S/C15H16N2O5S/c1-9-11-4-2-3-5-12(11)22-13(9)15(19)17-16-14(18)10-6-7-23(20,21)8-10/h2-5,10H,6-8H2,1H3,(H,16,18)(H,17,19)/t10-/m0/s1. The Bertz CT molecular complexity index is 884. The van der Waals surface area contributed by atoms with E-state index in [2.05, 4.69) is 10.9 Å². The molecule has 2 aromatic rings. The van der Waals surface area contributed by atoms with Crippen molar-refractivity contribution in [2.45, 2.75) is 13.3 Å². The highest BCUT2D eigenvalue weighted by atomic mass is 32.2. The van der Waals surface area contributed by atoms with Crippen LogP contribution in [0.3, 0.4) is 0 Å². The van der Waals surface area contributed by atoms with Crippen molar-refractivity contribution in [3.8, 4) is 0 Å². The summed E-state index contributed by atoms with van der Waals surface area (Å²) in [6.07, 6.45) is 0.272. The fourth-order valence-corrected chi connectivity index (χ4v) is 4.41. The number of benzene rings is 1. The number of furan rings is 1.